The molecule has 0 unspecified atom stereocenters. The van der Waals surface area contributed by atoms with Crippen molar-refractivity contribution in [3.8, 4) is 5.75 Å². The first kappa shape index (κ1) is 15.3. The Hall–Kier alpha value is -2.27. The Bertz CT molecular complexity index is 712. The molecule has 1 fully saturated rings. The Morgan fingerprint density at radius 3 is 3.00 bits per heavy atom. The summed E-state index contributed by atoms with van der Waals surface area (Å²) in [6.07, 6.45) is 4.27. The zero-order chi connectivity index (χ0) is 16.4. The van der Waals surface area contributed by atoms with Gasteiger partial charge in [0, 0.05) is 32.3 Å². The number of aromatic nitrogens is 1. The van der Waals surface area contributed by atoms with Crippen LogP contribution in [0.1, 0.15) is 24.0 Å². The van der Waals surface area contributed by atoms with E-state index in [0.717, 1.165) is 62.8 Å². The summed E-state index contributed by atoms with van der Waals surface area (Å²) in [6.45, 7) is 3.26. The summed E-state index contributed by atoms with van der Waals surface area (Å²) < 4.78 is 5.57. The fourth-order valence-corrected chi connectivity index (χ4v) is 3.41. The number of rotatable bonds is 4. The Balaban J connectivity index is 1.47. The van der Waals surface area contributed by atoms with E-state index in [-0.39, 0.29) is 6.10 Å². The molecule has 1 saturated heterocycles. The van der Waals surface area contributed by atoms with E-state index in [0.29, 0.717) is 0 Å². The molecule has 24 heavy (non-hydrogen) atoms. The van der Waals surface area contributed by atoms with E-state index >= 15 is 0 Å². The van der Waals surface area contributed by atoms with Crippen LogP contribution in [0.4, 0.5) is 11.5 Å². The second kappa shape index (κ2) is 6.69. The van der Waals surface area contributed by atoms with Gasteiger partial charge < -0.3 is 20.1 Å². The van der Waals surface area contributed by atoms with E-state index in [1.165, 1.54) is 11.1 Å². The highest BCUT2D eigenvalue weighted by Gasteiger charge is 2.20. The van der Waals surface area contributed by atoms with Gasteiger partial charge in [-0.05, 0) is 42.2 Å². The normalized spacial score (nSPS) is 17.5. The lowest BCUT2D eigenvalue weighted by Crippen LogP contribution is -2.36. The Morgan fingerprint density at radius 1 is 1.25 bits per heavy atom. The lowest BCUT2D eigenvalue weighted by molar-refractivity contribution is 0.145. The highest BCUT2D eigenvalue weighted by molar-refractivity contribution is 5.65. The minimum atomic E-state index is -0.171. The maximum absolute atomic E-state index is 9.70. The monoisotopic (exact) mass is 325 g/mol. The van der Waals surface area contributed by atoms with E-state index in [1.54, 1.807) is 0 Å². The molecule has 5 heteroatoms. The molecule has 0 spiro atoms. The van der Waals surface area contributed by atoms with Crippen LogP contribution in [0.15, 0.2) is 36.5 Å². The molecule has 0 bridgehead atoms. The van der Waals surface area contributed by atoms with Crippen molar-refractivity contribution in [1.29, 1.82) is 0 Å². The number of nitrogens with zero attached hydrogens (tertiary/aromatic N) is 2. The highest BCUT2D eigenvalue weighted by Crippen LogP contribution is 2.28. The van der Waals surface area contributed by atoms with Crippen LogP contribution in [-0.2, 0) is 13.0 Å². The van der Waals surface area contributed by atoms with Crippen LogP contribution < -0.4 is 15.0 Å². The van der Waals surface area contributed by atoms with Gasteiger partial charge in [0.05, 0.1) is 18.4 Å². The number of aliphatic hydroxyl groups excluding tert-OH is 1. The first-order valence-electron chi connectivity index (χ1n) is 8.66. The quantitative estimate of drug-likeness (QED) is 0.905. The second-order valence-electron chi connectivity index (χ2n) is 6.49. The predicted molar refractivity (Wildman–Crippen MR) is 94.7 cm³/mol. The van der Waals surface area contributed by atoms with Crippen LogP contribution in [-0.4, -0.2) is 35.9 Å². The molecule has 0 saturated carbocycles. The van der Waals surface area contributed by atoms with Crippen molar-refractivity contribution in [2.24, 2.45) is 0 Å². The summed E-state index contributed by atoms with van der Waals surface area (Å²) in [5, 5.41) is 13.2. The molecular formula is C19H23N3O2. The first-order valence-corrected chi connectivity index (χ1v) is 8.66. The lowest BCUT2D eigenvalue weighted by Gasteiger charge is -2.31. The van der Waals surface area contributed by atoms with Crippen molar-refractivity contribution < 1.29 is 9.84 Å². The van der Waals surface area contributed by atoms with Crippen LogP contribution in [0.5, 0.6) is 5.75 Å². The van der Waals surface area contributed by atoms with Crippen LogP contribution in [0.3, 0.4) is 0 Å². The standard InChI is InChI=1S/C19H23N3O2/c23-16-5-9-22(10-6-16)19-17(2-1-8-20-19)21-13-14-3-4-18-15(12-14)7-11-24-18/h1-4,8,12,16,21,23H,5-7,9-11,13H2. The van der Waals surface area contributed by atoms with Crippen LogP contribution in [0.25, 0.3) is 0 Å². The predicted octanol–water partition coefficient (Wildman–Crippen LogP) is 2.59. The highest BCUT2D eigenvalue weighted by atomic mass is 16.5. The molecule has 3 heterocycles. The SMILES string of the molecule is OC1CCN(c2ncccc2NCc2ccc3c(c2)CCO3)CC1. The Kier molecular flexibility index (Phi) is 4.26. The molecule has 0 atom stereocenters. The van der Waals surface area contributed by atoms with Crippen molar-refractivity contribution >= 4 is 11.5 Å². The molecule has 126 valence electrons. The van der Waals surface area contributed by atoms with E-state index in [9.17, 15) is 5.11 Å². The number of nitrogens with one attached hydrogen (secondary N) is 1. The van der Waals surface area contributed by atoms with Crippen LogP contribution in [0.2, 0.25) is 0 Å². The van der Waals surface area contributed by atoms with Gasteiger partial charge in [-0.3, -0.25) is 0 Å². The van der Waals surface area contributed by atoms with E-state index in [2.05, 4.69) is 39.5 Å². The summed E-state index contributed by atoms with van der Waals surface area (Å²) in [7, 11) is 0. The van der Waals surface area contributed by atoms with Crippen molar-refractivity contribution in [3.63, 3.8) is 0 Å². The number of aliphatic hydroxyl groups is 1. The number of ether oxygens (including phenoxy) is 1. The number of benzene rings is 1. The number of piperidine rings is 1. The number of hydrogen-bond acceptors (Lipinski definition) is 5. The third-order valence-corrected chi connectivity index (χ3v) is 4.79. The third kappa shape index (κ3) is 3.17. The van der Waals surface area contributed by atoms with Gasteiger partial charge in [0.2, 0.25) is 0 Å². The molecule has 1 aromatic carbocycles. The molecule has 4 rings (SSSR count). The maximum atomic E-state index is 9.70. The van der Waals surface area contributed by atoms with Gasteiger partial charge in [-0.25, -0.2) is 4.98 Å². The van der Waals surface area contributed by atoms with Gasteiger partial charge in [-0.2, -0.15) is 0 Å². The molecule has 2 aromatic rings. The second-order valence-corrected chi connectivity index (χ2v) is 6.49. The van der Waals surface area contributed by atoms with Gasteiger partial charge in [-0.1, -0.05) is 12.1 Å². The average Bonchev–Trinajstić information content (AvgIpc) is 3.09. The lowest BCUT2D eigenvalue weighted by atomic mass is 10.1. The van der Waals surface area contributed by atoms with Gasteiger partial charge in [0.25, 0.3) is 0 Å². The number of fused-ring (bicyclic) bond motifs is 1. The maximum Gasteiger partial charge on any atom is 0.151 e. The van der Waals surface area contributed by atoms with Crippen molar-refractivity contribution in [2.45, 2.75) is 31.9 Å². The largest absolute Gasteiger partial charge is 0.493 e. The summed E-state index contributed by atoms with van der Waals surface area (Å²) in [5.74, 6) is 2.00. The van der Waals surface area contributed by atoms with Crippen molar-refractivity contribution in [2.75, 3.05) is 29.9 Å². The molecule has 5 nitrogen and oxygen atoms in total. The molecule has 2 N–H and O–H groups in total. The van der Waals surface area contributed by atoms with Gasteiger partial charge in [0.1, 0.15) is 5.75 Å². The van der Waals surface area contributed by atoms with E-state index in [1.807, 2.05) is 12.3 Å². The van der Waals surface area contributed by atoms with E-state index < -0.39 is 0 Å². The van der Waals surface area contributed by atoms with Gasteiger partial charge in [0.15, 0.2) is 5.82 Å². The smallest absolute Gasteiger partial charge is 0.151 e. The zero-order valence-corrected chi connectivity index (χ0v) is 13.7. The summed E-state index contributed by atoms with van der Waals surface area (Å²) in [4.78, 5) is 6.81. The minimum Gasteiger partial charge on any atom is -0.493 e. The average molecular weight is 325 g/mol. The molecule has 2 aliphatic heterocycles. The topological polar surface area (TPSA) is 57.6 Å². The fraction of sp³-hybridized carbons (Fsp3) is 0.421. The Labute approximate surface area is 142 Å². The molecular weight excluding hydrogens is 302 g/mol. The molecule has 0 aliphatic carbocycles. The van der Waals surface area contributed by atoms with Gasteiger partial charge in [-0.15, -0.1) is 0 Å². The minimum absolute atomic E-state index is 0.171. The molecule has 2 aliphatic rings. The molecule has 0 amide bonds. The van der Waals surface area contributed by atoms with Crippen molar-refractivity contribution in [1.82, 2.24) is 4.98 Å². The number of anilines is 2. The Morgan fingerprint density at radius 2 is 2.12 bits per heavy atom. The summed E-state index contributed by atoms with van der Waals surface area (Å²) in [5.41, 5.74) is 3.60. The first-order chi connectivity index (χ1) is 11.8. The van der Waals surface area contributed by atoms with Crippen LogP contribution >= 0.6 is 0 Å². The summed E-state index contributed by atoms with van der Waals surface area (Å²) in [6, 6.07) is 10.4. The fourth-order valence-electron chi connectivity index (χ4n) is 3.41. The number of pyridine rings is 1. The summed E-state index contributed by atoms with van der Waals surface area (Å²) >= 11 is 0. The molecule has 1 aromatic heterocycles. The third-order valence-electron chi connectivity index (χ3n) is 4.79. The molecule has 0 radical (unpaired) electrons. The van der Waals surface area contributed by atoms with Crippen molar-refractivity contribution in [3.05, 3.63) is 47.7 Å². The number of hydrogen-bond donors (Lipinski definition) is 2. The van der Waals surface area contributed by atoms with Gasteiger partial charge >= 0.3 is 0 Å². The van der Waals surface area contributed by atoms with Crippen LogP contribution in [0, 0.1) is 0 Å². The zero-order valence-electron chi connectivity index (χ0n) is 13.7. The van der Waals surface area contributed by atoms with E-state index in [4.69, 9.17) is 4.74 Å².